The van der Waals surface area contributed by atoms with E-state index >= 15 is 0 Å². The molecule has 1 saturated heterocycles. The van der Waals surface area contributed by atoms with Crippen molar-refractivity contribution in [3.63, 3.8) is 0 Å². The number of carbonyl (C=O) groups is 3. The second kappa shape index (κ2) is 11.1. The maximum Gasteiger partial charge on any atom is 0.335 e. The molecule has 3 aromatic carbocycles. The van der Waals surface area contributed by atoms with Gasteiger partial charge < -0.3 is 4.74 Å². The summed E-state index contributed by atoms with van der Waals surface area (Å²) in [6.07, 6.45) is 1.47. The van der Waals surface area contributed by atoms with Crippen LogP contribution < -0.4 is 15.0 Å². The van der Waals surface area contributed by atoms with Gasteiger partial charge in [-0.2, -0.15) is 0 Å². The number of barbiturate groups is 1. The number of benzene rings is 3. The summed E-state index contributed by atoms with van der Waals surface area (Å²) < 4.78 is 9.49. The number of halogens is 4. The molecule has 0 aromatic heterocycles. The smallest absolute Gasteiger partial charge is 0.335 e. The van der Waals surface area contributed by atoms with Crippen molar-refractivity contribution in [3.05, 3.63) is 92.9 Å². The quantitative estimate of drug-likeness (QED) is 0.172. The van der Waals surface area contributed by atoms with Gasteiger partial charge in [0.2, 0.25) is 0 Å². The topological polar surface area (TPSA) is 75.7 Å². The first kappa shape index (κ1) is 26.3. The molecular weight excluding hydrogens is 806 g/mol. The molecule has 0 aliphatic carbocycles. The molecule has 10 heteroatoms. The van der Waals surface area contributed by atoms with Crippen molar-refractivity contribution in [2.75, 3.05) is 4.90 Å². The summed E-state index contributed by atoms with van der Waals surface area (Å²) in [6, 6.07) is 15.9. The first-order chi connectivity index (χ1) is 16.6. The fourth-order valence-corrected chi connectivity index (χ4v) is 5.74. The number of ether oxygens (including phenoxy) is 1. The maximum atomic E-state index is 13.2. The third-order valence-electron chi connectivity index (χ3n) is 5.13. The molecule has 1 N–H and O–H groups in total. The van der Waals surface area contributed by atoms with Crippen molar-refractivity contribution in [2.24, 2.45) is 0 Å². The average molecular weight is 822 g/mol. The minimum atomic E-state index is -0.783. The summed E-state index contributed by atoms with van der Waals surface area (Å²) >= 11 is 11.3. The van der Waals surface area contributed by atoms with E-state index in [1.807, 2.05) is 37.3 Å². The number of carbonyl (C=O) groups excluding carboxylic acids is 3. The van der Waals surface area contributed by atoms with Crippen LogP contribution in [0.4, 0.5) is 10.5 Å². The molecule has 0 spiro atoms. The van der Waals surface area contributed by atoms with E-state index in [2.05, 4.69) is 82.4 Å². The van der Waals surface area contributed by atoms with Gasteiger partial charge in [-0.05, 0) is 133 Å². The van der Waals surface area contributed by atoms with Crippen molar-refractivity contribution in [3.8, 4) is 5.75 Å². The van der Waals surface area contributed by atoms with Crippen molar-refractivity contribution in [1.82, 2.24) is 5.32 Å². The van der Waals surface area contributed by atoms with E-state index in [1.54, 1.807) is 24.3 Å². The van der Waals surface area contributed by atoms with Gasteiger partial charge in [0.05, 0.1) is 13.7 Å². The highest BCUT2D eigenvalue weighted by molar-refractivity contribution is 14.1. The number of urea groups is 1. The largest absolute Gasteiger partial charge is 0.487 e. The number of nitrogens with one attached hydrogen (secondary N) is 1. The Bertz CT molecular complexity index is 1370. The molecule has 35 heavy (non-hydrogen) atoms. The summed E-state index contributed by atoms with van der Waals surface area (Å²) in [5, 5.41) is 2.25. The fourth-order valence-electron chi connectivity index (χ4n) is 3.36. The number of aryl methyl sites for hydroxylation is 1. The molecule has 0 unspecified atom stereocenters. The molecule has 1 aliphatic rings. The summed E-state index contributed by atoms with van der Waals surface area (Å²) in [5.74, 6) is -0.770. The maximum absolute atomic E-state index is 13.2. The van der Waals surface area contributed by atoms with E-state index < -0.39 is 17.8 Å². The Labute approximate surface area is 246 Å². The lowest BCUT2D eigenvalue weighted by atomic mass is 10.1. The van der Waals surface area contributed by atoms with E-state index in [0.29, 0.717) is 28.1 Å². The van der Waals surface area contributed by atoms with Gasteiger partial charge in [0.15, 0.2) is 0 Å². The molecule has 0 bridgehead atoms. The van der Waals surface area contributed by atoms with Crippen molar-refractivity contribution in [2.45, 2.75) is 13.5 Å². The van der Waals surface area contributed by atoms with Gasteiger partial charge in [-0.15, -0.1) is 0 Å². The van der Waals surface area contributed by atoms with Crippen LogP contribution in [0.1, 0.15) is 16.7 Å². The highest BCUT2D eigenvalue weighted by atomic mass is 127. The average Bonchev–Trinajstić information content (AvgIpc) is 2.79. The van der Waals surface area contributed by atoms with E-state index in [0.717, 1.165) is 27.6 Å². The van der Waals surface area contributed by atoms with Crippen molar-refractivity contribution < 1.29 is 19.1 Å². The normalized spacial score (nSPS) is 14.9. The zero-order valence-electron chi connectivity index (χ0n) is 18.1. The monoisotopic (exact) mass is 820 g/mol. The third kappa shape index (κ3) is 5.97. The minimum Gasteiger partial charge on any atom is -0.487 e. The molecule has 3 aromatic rings. The summed E-state index contributed by atoms with van der Waals surface area (Å²) in [5.41, 5.74) is 2.74. The Morgan fingerprint density at radius 3 is 2.34 bits per heavy atom. The Balaban J connectivity index is 1.61. The zero-order chi connectivity index (χ0) is 25.3. The second-order valence-electron chi connectivity index (χ2n) is 7.62. The number of hydrogen-bond donors (Lipinski definition) is 1. The van der Waals surface area contributed by atoms with E-state index in [-0.39, 0.29) is 5.57 Å². The number of nitrogens with zero attached hydrogens (tertiary/aromatic N) is 1. The Kier molecular flexibility index (Phi) is 8.34. The fraction of sp³-hybridized carbons (Fsp3) is 0.0800. The number of hydrogen-bond acceptors (Lipinski definition) is 4. The summed E-state index contributed by atoms with van der Waals surface area (Å²) in [7, 11) is 0. The summed E-state index contributed by atoms with van der Waals surface area (Å²) in [6.45, 7) is 2.25. The third-order valence-corrected chi connectivity index (χ3v) is 8.13. The van der Waals surface area contributed by atoms with Crippen LogP contribution in [0.25, 0.3) is 6.08 Å². The molecule has 4 rings (SSSR count). The molecule has 178 valence electrons. The Hall–Kier alpha value is -1.77. The first-order valence-electron chi connectivity index (χ1n) is 10.2. The standard InChI is InChI=1S/C25H16Br2I2N2O4/c1-13-8-17(6-7-19(13)26)31-24(33)18(23(32)30-25(31)34)9-15-10-20(27)22(21(29)11-15)35-12-14-2-4-16(28)5-3-14/h2-11H,12H2,1H3,(H,30,32,34)/b18-9+. The van der Waals surface area contributed by atoms with Crippen LogP contribution in [-0.2, 0) is 16.2 Å². The van der Waals surface area contributed by atoms with Crippen LogP contribution >= 0.6 is 77.0 Å². The zero-order valence-corrected chi connectivity index (χ0v) is 25.6. The molecule has 0 saturated carbocycles. The Morgan fingerprint density at radius 2 is 1.69 bits per heavy atom. The lowest BCUT2D eigenvalue weighted by molar-refractivity contribution is -0.122. The van der Waals surface area contributed by atoms with E-state index in [1.165, 1.54) is 6.08 Å². The lowest BCUT2D eigenvalue weighted by Crippen LogP contribution is -2.54. The number of amides is 4. The molecular formula is C25H16Br2I2N2O4. The minimum absolute atomic E-state index is 0.138. The van der Waals surface area contributed by atoms with Gasteiger partial charge in [0.1, 0.15) is 17.9 Å². The van der Waals surface area contributed by atoms with Crippen molar-refractivity contribution >= 4 is 107 Å². The van der Waals surface area contributed by atoms with Crippen LogP contribution in [0.3, 0.4) is 0 Å². The van der Waals surface area contributed by atoms with Gasteiger partial charge in [0.25, 0.3) is 11.8 Å². The first-order valence-corrected chi connectivity index (χ1v) is 13.9. The molecule has 6 nitrogen and oxygen atoms in total. The van der Waals surface area contributed by atoms with Crippen LogP contribution in [0.2, 0.25) is 0 Å². The van der Waals surface area contributed by atoms with Gasteiger partial charge in [-0.3, -0.25) is 14.9 Å². The van der Waals surface area contributed by atoms with Crippen molar-refractivity contribution in [1.29, 1.82) is 0 Å². The SMILES string of the molecule is Cc1cc(N2C(=O)NC(=O)/C(=C\c3cc(Br)c(OCc4ccc(I)cc4)c(I)c3)C2=O)ccc1Br. The lowest BCUT2D eigenvalue weighted by Gasteiger charge is -2.26. The highest BCUT2D eigenvalue weighted by Crippen LogP contribution is 2.34. The van der Waals surface area contributed by atoms with E-state index in [4.69, 9.17) is 4.74 Å². The summed E-state index contributed by atoms with van der Waals surface area (Å²) in [4.78, 5) is 39.2. The molecule has 1 fully saturated rings. The van der Waals surface area contributed by atoms with Crippen LogP contribution in [0.5, 0.6) is 5.75 Å². The van der Waals surface area contributed by atoms with Crippen LogP contribution in [-0.4, -0.2) is 17.8 Å². The van der Waals surface area contributed by atoms with Crippen LogP contribution in [0.15, 0.2) is 69.1 Å². The van der Waals surface area contributed by atoms with Gasteiger partial charge in [-0.25, -0.2) is 9.69 Å². The molecule has 1 heterocycles. The predicted molar refractivity (Wildman–Crippen MR) is 158 cm³/mol. The molecule has 4 amide bonds. The van der Waals surface area contributed by atoms with Gasteiger partial charge >= 0.3 is 6.03 Å². The highest BCUT2D eigenvalue weighted by Gasteiger charge is 2.37. The van der Waals surface area contributed by atoms with Gasteiger partial charge in [-0.1, -0.05) is 28.1 Å². The number of imide groups is 2. The number of rotatable bonds is 5. The van der Waals surface area contributed by atoms with Gasteiger partial charge in [0, 0.05) is 8.04 Å². The number of anilines is 1. The predicted octanol–water partition coefficient (Wildman–Crippen LogP) is 6.97. The molecule has 1 aliphatic heterocycles. The molecule has 0 radical (unpaired) electrons. The van der Waals surface area contributed by atoms with E-state index in [9.17, 15) is 14.4 Å². The Morgan fingerprint density at radius 1 is 0.971 bits per heavy atom. The molecule has 0 atom stereocenters. The second-order valence-corrected chi connectivity index (χ2v) is 11.7. The van der Waals surface area contributed by atoms with Crippen LogP contribution in [0, 0.1) is 14.1 Å².